The Morgan fingerprint density at radius 3 is 3.00 bits per heavy atom. The predicted octanol–water partition coefficient (Wildman–Crippen LogP) is 2.63. The number of hydrogen-bond acceptors (Lipinski definition) is 4. The number of carbonyl (C=O) groups excluding carboxylic acids is 1. The Kier molecular flexibility index (Phi) is 4.23. The largest absolute Gasteiger partial charge is 0.347 e. The number of carbonyl (C=O) groups is 1. The van der Waals surface area contributed by atoms with E-state index in [2.05, 4.69) is 36.5 Å². The molecule has 22 heavy (non-hydrogen) atoms. The maximum absolute atomic E-state index is 12.6. The zero-order valence-corrected chi connectivity index (χ0v) is 14.5. The van der Waals surface area contributed by atoms with Gasteiger partial charge in [-0.2, -0.15) is 5.10 Å². The first-order valence-electron chi connectivity index (χ1n) is 7.98. The van der Waals surface area contributed by atoms with Crippen molar-refractivity contribution in [1.29, 1.82) is 0 Å². The fraction of sp³-hybridized carbons (Fsp3) is 0.625. The second kappa shape index (κ2) is 6.01. The van der Waals surface area contributed by atoms with Crippen LogP contribution in [0.15, 0.2) is 6.07 Å². The fourth-order valence-electron chi connectivity index (χ4n) is 3.09. The number of rotatable bonds is 3. The number of nitrogens with one attached hydrogen (secondary N) is 2. The summed E-state index contributed by atoms with van der Waals surface area (Å²) in [6.07, 6.45) is 2.16. The summed E-state index contributed by atoms with van der Waals surface area (Å²) < 4.78 is 1.89. The van der Waals surface area contributed by atoms with Gasteiger partial charge in [-0.15, -0.1) is 11.3 Å². The molecule has 2 atom stereocenters. The van der Waals surface area contributed by atoms with E-state index in [1.165, 1.54) is 11.3 Å². The molecule has 3 rings (SSSR count). The number of thiophene rings is 1. The summed E-state index contributed by atoms with van der Waals surface area (Å²) in [5.41, 5.74) is 1.07. The van der Waals surface area contributed by atoms with Crippen LogP contribution in [0.4, 0.5) is 0 Å². The number of nitrogens with zero attached hydrogens (tertiary/aromatic N) is 2. The molecule has 3 heterocycles. The van der Waals surface area contributed by atoms with E-state index in [4.69, 9.17) is 0 Å². The van der Waals surface area contributed by atoms with E-state index < -0.39 is 0 Å². The topological polar surface area (TPSA) is 59.0 Å². The van der Waals surface area contributed by atoms with Crippen LogP contribution in [-0.4, -0.2) is 34.3 Å². The molecule has 1 aliphatic heterocycles. The standard InChI is InChI=1S/C16H24N4OS/c1-9(2)14-11-8-13(22-16(11)20(4)19-14)15(21)18-12-6-5-7-17-10(12)3/h8-10,12,17H,5-7H2,1-4H3,(H,18,21). The third kappa shape index (κ3) is 2.77. The SMILES string of the molecule is CC(C)c1nn(C)c2sc(C(=O)NC3CCCNC3C)cc12. The zero-order chi connectivity index (χ0) is 15.9. The molecule has 0 spiro atoms. The molecule has 1 fully saturated rings. The first-order chi connectivity index (χ1) is 10.5. The van der Waals surface area contributed by atoms with Gasteiger partial charge >= 0.3 is 0 Å². The lowest BCUT2D eigenvalue weighted by atomic mass is 10.00. The molecule has 1 amide bonds. The average Bonchev–Trinajstić information content (AvgIpc) is 3.02. The first-order valence-corrected chi connectivity index (χ1v) is 8.79. The van der Waals surface area contributed by atoms with E-state index in [0.29, 0.717) is 12.0 Å². The third-order valence-electron chi connectivity index (χ3n) is 4.39. The highest BCUT2D eigenvalue weighted by atomic mass is 32.1. The smallest absolute Gasteiger partial charge is 0.261 e. The van der Waals surface area contributed by atoms with Crippen LogP contribution in [0.3, 0.4) is 0 Å². The lowest BCUT2D eigenvalue weighted by Crippen LogP contribution is -2.51. The Bertz CT molecular complexity index is 688. The van der Waals surface area contributed by atoms with Gasteiger partial charge in [0, 0.05) is 24.5 Å². The monoisotopic (exact) mass is 320 g/mol. The fourth-order valence-corrected chi connectivity index (χ4v) is 4.07. The van der Waals surface area contributed by atoms with Crippen LogP contribution in [0.1, 0.15) is 54.9 Å². The van der Waals surface area contributed by atoms with E-state index >= 15 is 0 Å². The highest BCUT2D eigenvalue weighted by Gasteiger charge is 2.24. The summed E-state index contributed by atoms with van der Waals surface area (Å²) in [6.45, 7) is 7.44. The third-order valence-corrected chi connectivity index (χ3v) is 5.59. The maximum Gasteiger partial charge on any atom is 0.261 e. The molecule has 0 aromatic carbocycles. The maximum atomic E-state index is 12.6. The van der Waals surface area contributed by atoms with Crippen molar-refractivity contribution < 1.29 is 4.79 Å². The van der Waals surface area contributed by atoms with Crippen molar-refractivity contribution in [1.82, 2.24) is 20.4 Å². The molecule has 0 aliphatic carbocycles. The highest BCUT2D eigenvalue weighted by Crippen LogP contribution is 2.31. The van der Waals surface area contributed by atoms with Crippen LogP contribution in [0.5, 0.6) is 0 Å². The second-order valence-corrected chi connectivity index (χ2v) is 7.49. The summed E-state index contributed by atoms with van der Waals surface area (Å²) >= 11 is 1.53. The highest BCUT2D eigenvalue weighted by molar-refractivity contribution is 7.20. The van der Waals surface area contributed by atoms with Crippen molar-refractivity contribution in [2.45, 2.75) is 51.6 Å². The molecule has 120 valence electrons. The number of piperidine rings is 1. The molecule has 0 saturated carbocycles. The number of hydrogen-bond donors (Lipinski definition) is 2. The van der Waals surface area contributed by atoms with Crippen LogP contribution >= 0.6 is 11.3 Å². The number of fused-ring (bicyclic) bond motifs is 1. The number of aryl methyl sites for hydroxylation is 1. The summed E-state index contributed by atoms with van der Waals surface area (Å²) in [6, 6.07) is 2.55. The van der Waals surface area contributed by atoms with Crippen LogP contribution in [-0.2, 0) is 7.05 Å². The Morgan fingerprint density at radius 1 is 1.55 bits per heavy atom. The van der Waals surface area contributed by atoms with Crippen molar-refractivity contribution in [2.75, 3.05) is 6.54 Å². The minimum atomic E-state index is 0.0384. The van der Waals surface area contributed by atoms with Gasteiger partial charge in [-0.25, -0.2) is 0 Å². The van der Waals surface area contributed by atoms with Gasteiger partial charge in [0.05, 0.1) is 10.6 Å². The van der Waals surface area contributed by atoms with Gasteiger partial charge < -0.3 is 10.6 Å². The molecule has 5 nitrogen and oxygen atoms in total. The van der Waals surface area contributed by atoms with Crippen molar-refractivity contribution in [3.8, 4) is 0 Å². The molecule has 2 aromatic heterocycles. The van der Waals surface area contributed by atoms with Gasteiger partial charge in [0.25, 0.3) is 5.91 Å². The molecule has 2 aromatic rings. The van der Waals surface area contributed by atoms with E-state index in [9.17, 15) is 4.79 Å². The minimum absolute atomic E-state index is 0.0384. The van der Waals surface area contributed by atoms with E-state index in [0.717, 1.165) is 40.2 Å². The lowest BCUT2D eigenvalue weighted by Gasteiger charge is -2.30. The molecule has 2 N–H and O–H groups in total. The van der Waals surface area contributed by atoms with Crippen molar-refractivity contribution in [3.05, 3.63) is 16.6 Å². The van der Waals surface area contributed by atoms with Crippen LogP contribution < -0.4 is 10.6 Å². The van der Waals surface area contributed by atoms with E-state index in [1.54, 1.807) is 0 Å². The van der Waals surface area contributed by atoms with Gasteiger partial charge in [-0.1, -0.05) is 13.8 Å². The quantitative estimate of drug-likeness (QED) is 0.914. The predicted molar refractivity (Wildman–Crippen MR) is 90.6 cm³/mol. The van der Waals surface area contributed by atoms with Gasteiger partial charge in [0.2, 0.25) is 0 Å². The molecule has 0 bridgehead atoms. The molecule has 2 unspecified atom stereocenters. The van der Waals surface area contributed by atoms with Crippen molar-refractivity contribution in [2.24, 2.45) is 7.05 Å². The van der Waals surface area contributed by atoms with Crippen LogP contribution in [0.25, 0.3) is 10.2 Å². The van der Waals surface area contributed by atoms with Crippen molar-refractivity contribution in [3.63, 3.8) is 0 Å². The Labute approximate surface area is 135 Å². The Hall–Kier alpha value is -1.40. The summed E-state index contributed by atoms with van der Waals surface area (Å²) in [7, 11) is 1.94. The summed E-state index contributed by atoms with van der Waals surface area (Å²) in [5, 5.41) is 12.3. The van der Waals surface area contributed by atoms with Gasteiger partial charge in [0.15, 0.2) is 0 Å². The average molecular weight is 320 g/mol. The molecular weight excluding hydrogens is 296 g/mol. The normalized spacial score (nSPS) is 22.4. The summed E-state index contributed by atoms with van der Waals surface area (Å²) in [5.74, 6) is 0.397. The van der Waals surface area contributed by atoms with Crippen molar-refractivity contribution >= 4 is 27.5 Å². The second-order valence-electron chi connectivity index (χ2n) is 6.46. The molecule has 0 radical (unpaired) electrons. The Balaban J connectivity index is 1.83. The van der Waals surface area contributed by atoms with Gasteiger partial charge in [-0.05, 0) is 38.3 Å². The van der Waals surface area contributed by atoms with Gasteiger partial charge in [-0.3, -0.25) is 9.48 Å². The molecule has 6 heteroatoms. The van der Waals surface area contributed by atoms with E-state index in [-0.39, 0.29) is 11.9 Å². The Morgan fingerprint density at radius 2 is 2.32 bits per heavy atom. The van der Waals surface area contributed by atoms with E-state index in [1.807, 2.05) is 17.8 Å². The number of amides is 1. The lowest BCUT2D eigenvalue weighted by molar-refractivity contribution is 0.0924. The van der Waals surface area contributed by atoms with Gasteiger partial charge in [0.1, 0.15) is 4.83 Å². The minimum Gasteiger partial charge on any atom is -0.347 e. The first kappa shape index (κ1) is 15.5. The van der Waals surface area contributed by atoms with Crippen LogP contribution in [0, 0.1) is 0 Å². The molecular formula is C16H24N4OS. The van der Waals surface area contributed by atoms with Crippen LogP contribution in [0.2, 0.25) is 0 Å². The molecule has 1 aliphatic rings. The molecule has 1 saturated heterocycles. The summed E-state index contributed by atoms with van der Waals surface area (Å²) in [4.78, 5) is 14.4. The zero-order valence-electron chi connectivity index (χ0n) is 13.6. The number of aromatic nitrogens is 2.